The summed E-state index contributed by atoms with van der Waals surface area (Å²) in [6.07, 6.45) is 2.69. The largest absolute Gasteiger partial charge is 0.370 e. The van der Waals surface area contributed by atoms with Crippen molar-refractivity contribution in [3.05, 3.63) is 12.2 Å². The highest BCUT2D eigenvalue weighted by Crippen LogP contribution is 2.10. The number of halogens is 1. The molecule has 4 nitrogen and oxygen atoms in total. The molecule has 1 aliphatic heterocycles. The zero-order chi connectivity index (χ0) is 12.7. The lowest BCUT2D eigenvalue weighted by Gasteiger charge is -2.18. The molecule has 1 fully saturated rings. The normalized spacial score (nSPS) is 18.2. The van der Waals surface area contributed by atoms with E-state index in [9.17, 15) is 0 Å². The Hall–Kier alpha value is -0.300. The van der Waals surface area contributed by atoms with E-state index in [1.165, 1.54) is 25.9 Å². The van der Waals surface area contributed by atoms with Crippen molar-refractivity contribution in [3.63, 3.8) is 0 Å². The number of hydrogen-bond donors (Lipinski definition) is 2. The Morgan fingerprint density at radius 3 is 2.61 bits per heavy atom. The molecule has 18 heavy (non-hydrogen) atoms. The molecule has 3 N–H and O–H groups in total. The predicted octanol–water partition coefficient (Wildman–Crippen LogP) is 1.82. The van der Waals surface area contributed by atoms with Crippen molar-refractivity contribution in [2.24, 2.45) is 16.6 Å². The van der Waals surface area contributed by atoms with Crippen molar-refractivity contribution in [3.8, 4) is 0 Å². The second-order valence-electron chi connectivity index (χ2n) is 5.15. The van der Waals surface area contributed by atoms with Gasteiger partial charge in [0.1, 0.15) is 0 Å². The van der Waals surface area contributed by atoms with E-state index in [1.54, 1.807) is 0 Å². The first-order chi connectivity index (χ1) is 8.08. The molecule has 1 rings (SSSR count). The van der Waals surface area contributed by atoms with Crippen LogP contribution in [-0.2, 0) is 0 Å². The molecule has 0 aromatic rings. The van der Waals surface area contributed by atoms with Crippen LogP contribution in [0, 0.1) is 5.92 Å². The van der Waals surface area contributed by atoms with Gasteiger partial charge in [0.25, 0.3) is 0 Å². The molecule has 0 spiro atoms. The van der Waals surface area contributed by atoms with Gasteiger partial charge in [-0.1, -0.05) is 19.1 Å². The number of hydrogen-bond acceptors (Lipinski definition) is 2. The van der Waals surface area contributed by atoms with E-state index in [1.807, 2.05) is 6.92 Å². The van der Waals surface area contributed by atoms with E-state index >= 15 is 0 Å². The average Bonchev–Trinajstić information content (AvgIpc) is 2.76. The number of likely N-dealkylation sites (tertiary alicyclic amines) is 1. The first-order valence-corrected chi connectivity index (χ1v) is 6.48. The minimum atomic E-state index is 0. The van der Waals surface area contributed by atoms with Crippen molar-refractivity contribution < 1.29 is 0 Å². The Morgan fingerprint density at radius 2 is 2.06 bits per heavy atom. The van der Waals surface area contributed by atoms with Crippen LogP contribution < -0.4 is 11.1 Å². The molecule has 0 aliphatic carbocycles. The molecule has 106 valence electrons. The van der Waals surface area contributed by atoms with Gasteiger partial charge in [-0.3, -0.25) is 4.99 Å². The fraction of sp³-hybridized carbons (Fsp3) is 0.769. The third-order valence-electron chi connectivity index (χ3n) is 2.91. The SMILES string of the molecule is C=C(C)CNC(N)=NCC(C)CN1CCCC1.I. The van der Waals surface area contributed by atoms with Crippen LogP contribution in [0.5, 0.6) is 0 Å². The Labute approximate surface area is 128 Å². The van der Waals surface area contributed by atoms with Crippen LogP contribution in [0.1, 0.15) is 26.7 Å². The van der Waals surface area contributed by atoms with Crippen molar-refractivity contribution in [1.29, 1.82) is 0 Å². The van der Waals surface area contributed by atoms with E-state index in [0.29, 0.717) is 18.4 Å². The van der Waals surface area contributed by atoms with Crippen LogP contribution in [0.2, 0.25) is 0 Å². The van der Waals surface area contributed by atoms with E-state index in [4.69, 9.17) is 5.73 Å². The van der Waals surface area contributed by atoms with Crippen LogP contribution in [0.4, 0.5) is 0 Å². The molecule has 1 aliphatic rings. The fourth-order valence-electron chi connectivity index (χ4n) is 2.02. The standard InChI is InChI=1S/C13H26N4.HI/c1-11(2)8-15-13(14)16-9-12(3)10-17-6-4-5-7-17;/h12H,1,4-10H2,2-3H3,(H3,14,15,16);1H. The lowest BCUT2D eigenvalue weighted by Crippen LogP contribution is -2.34. The molecule has 1 saturated heterocycles. The van der Waals surface area contributed by atoms with Gasteiger partial charge in [0.05, 0.1) is 0 Å². The summed E-state index contributed by atoms with van der Waals surface area (Å²) in [6, 6.07) is 0. The zero-order valence-corrected chi connectivity index (χ0v) is 13.9. The van der Waals surface area contributed by atoms with E-state index < -0.39 is 0 Å². The maximum Gasteiger partial charge on any atom is 0.188 e. The number of rotatable bonds is 6. The summed E-state index contributed by atoms with van der Waals surface area (Å²) in [5, 5.41) is 3.05. The molecule has 0 saturated carbocycles. The fourth-order valence-corrected chi connectivity index (χ4v) is 2.02. The first kappa shape index (κ1) is 17.7. The van der Waals surface area contributed by atoms with Crippen molar-refractivity contribution in [1.82, 2.24) is 10.2 Å². The first-order valence-electron chi connectivity index (χ1n) is 6.48. The number of aliphatic imine (C=N–C) groups is 1. The Kier molecular flexibility index (Phi) is 9.45. The van der Waals surface area contributed by atoms with Crippen molar-refractivity contribution in [2.45, 2.75) is 26.7 Å². The summed E-state index contributed by atoms with van der Waals surface area (Å²) in [4.78, 5) is 6.87. The molecule has 0 aromatic carbocycles. The lowest BCUT2D eigenvalue weighted by molar-refractivity contribution is 0.291. The zero-order valence-electron chi connectivity index (χ0n) is 11.6. The Morgan fingerprint density at radius 1 is 1.44 bits per heavy atom. The molecule has 5 heteroatoms. The second-order valence-corrected chi connectivity index (χ2v) is 5.15. The summed E-state index contributed by atoms with van der Waals surface area (Å²) in [7, 11) is 0. The highest BCUT2D eigenvalue weighted by atomic mass is 127. The topological polar surface area (TPSA) is 53.6 Å². The highest BCUT2D eigenvalue weighted by Gasteiger charge is 2.14. The third-order valence-corrected chi connectivity index (χ3v) is 2.91. The minimum Gasteiger partial charge on any atom is -0.370 e. The number of nitrogens with zero attached hydrogens (tertiary/aromatic N) is 2. The Balaban J connectivity index is 0.00000289. The second kappa shape index (κ2) is 9.61. The third kappa shape index (κ3) is 7.92. The van der Waals surface area contributed by atoms with Crippen molar-refractivity contribution in [2.75, 3.05) is 32.7 Å². The molecule has 1 unspecified atom stereocenters. The average molecular weight is 366 g/mol. The van der Waals surface area contributed by atoms with Gasteiger partial charge in [0.2, 0.25) is 0 Å². The summed E-state index contributed by atoms with van der Waals surface area (Å²) in [6.45, 7) is 13.1. The van der Waals surface area contributed by atoms with Gasteiger partial charge in [0.15, 0.2) is 5.96 Å². The molecule has 1 atom stereocenters. The van der Waals surface area contributed by atoms with E-state index in [-0.39, 0.29) is 24.0 Å². The monoisotopic (exact) mass is 366 g/mol. The van der Waals surface area contributed by atoms with Crippen LogP contribution in [0.15, 0.2) is 17.1 Å². The Bertz CT molecular complexity index is 272. The van der Waals surface area contributed by atoms with Gasteiger partial charge >= 0.3 is 0 Å². The van der Waals surface area contributed by atoms with Gasteiger partial charge in [0, 0.05) is 19.6 Å². The van der Waals surface area contributed by atoms with E-state index in [0.717, 1.165) is 18.7 Å². The van der Waals surface area contributed by atoms with Crippen LogP contribution in [0.3, 0.4) is 0 Å². The summed E-state index contributed by atoms with van der Waals surface area (Å²) < 4.78 is 0. The minimum absolute atomic E-state index is 0. The van der Waals surface area contributed by atoms with Gasteiger partial charge < -0.3 is 16.0 Å². The molecular formula is C13H27IN4. The molecule has 0 bridgehead atoms. The molecular weight excluding hydrogens is 339 g/mol. The molecule has 0 radical (unpaired) electrons. The number of nitrogens with one attached hydrogen (secondary N) is 1. The van der Waals surface area contributed by atoms with Crippen LogP contribution in [-0.4, -0.2) is 43.6 Å². The maximum absolute atomic E-state index is 5.76. The van der Waals surface area contributed by atoms with Gasteiger partial charge in [-0.25, -0.2) is 0 Å². The van der Waals surface area contributed by atoms with Gasteiger partial charge in [-0.15, -0.1) is 24.0 Å². The number of guanidine groups is 1. The van der Waals surface area contributed by atoms with Gasteiger partial charge in [-0.2, -0.15) is 0 Å². The highest BCUT2D eigenvalue weighted by molar-refractivity contribution is 14.0. The summed E-state index contributed by atoms with van der Waals surface area (Å²) in [5.41, 5.74) is 6.83. The van der Waals surface area contributed by atoms with Crippen LogP contribution >= 0.6 is 24.0 Å². The predicted molar refractivity (Wildman–Crippen MR) is 89.6 cm³/mol. The number of nitrogens with two attached hydrogens (primary N) is 1. The van der Waals surface area contributed by atoms with E-state index in [2.05, 4.69) is 28.7 Å². The van der Waals surface area contributed by atoms with Crippen LogP contribution in [0.25, 0.3) is 0 Å². The maximum atomic E-state index is 5.76. The summed E-state index contributed by atoms with van der Waals surface area (Å²) in [5.74, 6) is 1.10. The molecule has 0 amide bonds. The molecule has 1 heterocycles. The molecule has 0 aromatic heterocycles. The smallest absolute Gasteiger partial charge is 0.188 e. The summed E-state index contributed by atoms with van der Waals surface area (Å²) >= 11 is 0. The van der Waals surface area contributed by atoms with Gasteiger partial charge in [-0.05, 0) is 38.8 Å². The lowest BCUT2D eigenvalue weighted by atomic mass is 10.2. The van der Waals surface area contributed by atoms with Crippen molar-refractivity contribution >= 4 is 29.9 Å². The quantitative estimate of drug-likeness (QED) is 0.326.